The fourth-order valence-corrected chi connectivity index (χ4v) is 4.96. The van der Waals surface area contributed by atoms with Crippen LogP contribution in [0.5, 0.6) is 0 Å². The normalized spacial score (nSPS) is 19.3. The maximum Gasteiger partial charge on any atom is 0.307 e. The van der Waals surface area contributed by atoms with Crippen molar-refractivity contribution in [2.24, 2.45) is 0 Å². The van der Waals surface area contributed by atoms with Crippen LogP contribution in [0.1, 0.15) is 16.7 Å². The first-order valence-electron chi connectivity index (χ1n) is 5.34. The van der Waals surface area contributed by atoms with Gasteiger partial charge in [-0.05, 0) is 27.4 Å². The Hall–Kier alpha value is -0.530. The molecule has 1 fully saturated rings. The number of carbonyl (C=O) groups excluding carboxylic acids is 2. The maximum atomic E-state index is 11.8. The molecule has 0 aliphatic carbocycles. The first-order valence-corrected chi connectivity index (χ1v) is 8.06. The first kappa shape index (κ1) is 13.9. The second-order valence-electron chi connectivity index (χ2n) is 3.71. The number of rotatable bonds is 4. The summed E-state index contributed by atoms with van der Waals surface area (Å²) in [5.41, 5.74) is 0. The number of carbonyl (C=O) groups is 2. The maximum absolute atomic E-state index is 11.8. The number of amides is 1. The third kappa shape index (κ3) is 2.89. The fourth-order valence-electron chi connectivity index (χ4n) is 1.71. The molecule has 0 N–H and O–H groups in total. The van der Waals surface area contributed by atoms with Crippen molar-refractivity contribution < 1.29 is 14.3 Å². The third-order valence-corrected chi connectivity index (χ3v) is 5.91. The molecule has 1 aliphatic rings. The standard InChI is InChI=1S/C11H12BrNO3S2/c1-16-9(15)2-4-13-8(14)6-18-11(13)10-7(12)3-5-17-10/h3,5,11H,2,4,6H2,1H3. The van der Waals surface area contributed by atoms with Gasteiger partial charge in [-0.15, -0.1) is 23.1 Å². The molecule has 98 valence electrons. The summed E-state index contributed by atoms with van der Waals surface area (Å²) in [4.78, 5) is 25.9. The van der Waals surface area contributed by atoms with Crippen molar-refractivity contribution in [3.8, 4) is 0 Å². The summed E-state index contributed by atoms with van der Waals surface area (Å²) in [6.07, 6.45) is 0.238. The lowest BCUT2D eigenvalue weighted by molar-refractivity contribution is -0.141. The Morgan fingerprint density at radius 2 is 2.44 bits per heavy atom. The average molecular weight is 350 g/mol. The van der Waals surface area contributed by atoms with Crippen LogP contribution < -0.4 is 0 Å². The number of thioether (sulfide) groups is 1. The zero-order chi connectivity index (χ0) is 13.1. The van der Waals surface area contributed by atoms with E-state index in [0.29, 0.717) is 12.3 Å². The monoisotopic (exact) mass is 349 g/mol. The molecular weight excluding hydrogens is 338 g/mol. The summed E-state index contributed by atoms with van der Waals surface area (Å²) in [7, 11) is 1.36. The molecule has 1 atom stereocenters. The van der Waals surface area contributed by atoms with E-state index in [2.05, 4.69) is 20.7 Å². The molecule has 1 aliphatic heterocycles. The second kappa shape index (κ2) is 6.08. The van der Waals surface area contributed by atoms with Crippen LogP contribution in [0.15, 0.2) is 15.9 Å². The third-order valence-electron chi connectivity index (χ3n) is 2.62. The lowest BCUT2D eigenvalue weighted by Gasteiger charge is -2.22. The molecule has 18 heavy (non-hydrogen) atoms. The Kier molecular flexibility index (Phi) is 4.69. The largest absolute Gasteiger partial charge is 0.469 e. The van der Waals surface area contributed by atoms with Gasteiger partial charge in [-0.3, -0.25) is 9.59 Å². The van der Waals surface area contributed by atoms with E-state index in [-0.39, 0.29) is 23.7 Å². The van der Waals surface area contributed by atoms with Crippen LogP contribution in [0, 0.1) is 0 Å². The van der Waals surface area contributed by atoms with Gasteiger partial charge in [0.25, 0.3) is 0 Å². The predicted molar refractivity (Wildman–Crippen MR) is 75.6 cm³/mol. The summed E-state index contributed by atoms with van der Waals surface area (Å²) in [6.45, 7) is 0.410. The van der Waals surface area contributed by atoms with Crippen molar-refractivity contribution in [3.05, 3.63) is 20.8 Å². The molecule has 0 bridgehead atoms. The van der Waals surface area contributed by atoms with Crippen LogP contribution >= 0.6 is 39.0 Å². The minimum absolute atomic E-state index is 0.0107. The molecule has 1 unspecified atom stereocenters. The van der Waals surface area contributed by atoms with Crippen LogP contribution in [0.2, 0.25) is 0 Å². The summed E-state index contributed by atoms with van der Waals surface area (Å²) < 4.78 is 5.62. The van der Waals surface area contributed by atoms with E-state index in [1.165, 1.54) is 7.11 Å². The lowest BCUT2D eigenvalue weighted by Crippen LogP contribution is -2.30. The number of nitrogens with zero attached hydrogens (tertiary/aromatic N) is 1. The molecule has 1 aromatic heterocycles. The van der Waals surface area contributed by atoms with Crippen molar-refractivity contribution in [2.45, 2.75) is 11.8 Å². The van der Waals surface area contributed by atoms with Crippen LogP contribution in [0.3, 0.4) is 0 Å². The Morgan fingerprint density at radius 3 is 3.06 bits per heavy atom. The van der Waals surface area contributed by atoms with Gasteiger partial charge in [-0.1, -0.05) is 0 Å². The Balaban J connectivity index is 2.08. The van der Waals surface area contributed by atoms with E-state index >= 15 is 0 Å². The van der Waals surface area contributed by atoms with Gasteiger partial charge in [0.15, 0.2) is 0 Å². The van der Waals surface area contributed by atoms with E-state index in [1.54, 1.807) is 28.0 Å². The quantitative estimate of drug-likeness (QED) is 0.784. The zero-order valence-electron chi connectivity index (χ0n) is 9.72. The van der Waals surface area contributed by atoms with Gasteiger partial charge in [0, 0.05) is 11.0 Å². The van der Waals surface area contributed by atoms with E-state index in [0.717, 1.165) is 9.35 Å². The highest BCUT2D eigenvalue weighted by Crippen LogP contribution is 2.43. The van der Waals surface area contributed by atoms with Gasteiger partial charge >= 0.3 is 5.97 Å². The molecule has 0 spiro atoms. The smallest absolute Gasteiger partial charge is 0.307 e. The molecule has 2 rings (SSSR count). The first-order chi connectivity index (χ1) is 8.63. The number of ether oxygens (including phenoxy) is 1. The molecule has 2 heterocycles. The summed E-state index contributed by atoms with van der Waals surface area (Å²) >= 11 is 6.69. The lowest BCUT2D eigenvalue weighted by atomic mass is 10.3. The van der Waals surface area contributed by atoms with Crippen molar-refractivity contribution in [1.82, 2.24) is 4.90 Å². The van der Waals surface area contributed by atoms with Crippen molar-refractivity contribution >= 4 is 50.9 Å². The predicted octanol–water partition coefficient (Wildman–Crippen LogP) is 2.65. The molecule has 4 nitrogen and oxygen atoms in total. The molecule has 0 saturated carbocycles. The number of methoxy groups -OCH3 is 1. The van der Waals surface area contributed by atoms with E-state index in [4.69, 9.17) is 0 Å². The highest BCUT2D eigenvalue weighted by Gasteiger charge is 2.34. The number of hydrogen-bond donors (Lipinski definition) is 0. The summed E-state index contributed by atoms with van der Waals surface area (Å²) in [5.74, 6) is 0.258. The molecule has 1 aromatic rings. The van der Waals surface area contributed by atoms with Gasteiger partial charge in [-0.2, -0.15) is 0 Å². The minimum Gasteiger partial charge on any atom is -0.469 e. The topological polar surface area (TPSA) is 46.6 Å². The van der Waals surface area contributed by atoms with Gasteiger partial charge in [0.1, 0.15) is 5.37 Å². The number of hydrogen-bond acceptors (Lipinski definition) is 5. The zero-order valence-corrected chi connectivity index (χ0v) is 12.9. The van der Waals surface area contributed by atoms with Crippen LogP contribution in [0.4, 0.5) is 0 Å². The minimum atomic E-state index is -0.288. The highest BCUT2D eigenvalue weighted by molar-refractivity contribution is 9.10. The van der Waals surface area contributed by atoms with Gasteiger partial charge in [0.2, 0.25) is 5.91 Å². The average Bonchev–Trinajstić information content (AvgIpc) is 2.92. The van der Waals surface area contributed by atoms with Crippen LogP contribution in [-0.2, 0) is 14.3 Å². The van der Waals surface area contributed by atoms with Gasteiger partial charge < -0.3 is 9.64 Å². The highest BCUT2D eigenvalue weighted by atomic mass is 79.9. The Labute approximate surface area is 122 Å². The van der Waals surface area contributed by atoms with Crippen LogP contribution in [-0.4, -0.2) is 36.2 Å². The Bertz CT molecular complexity index is 463. The van der Waals surface area contributed by atoms with E-state index < -0.39 is 0 Å². The van der Waals surface area contributed by atoms with Crippen molar-refractivity contribution in [2.75, 3.05) is 19.4 Å². The van der Waals surface area contributed by atoms with E-state index in [9.17, 15) is 9.59 Å². The SMILES string of the molecule is COC(=O)CCN1C(=O)CSC1c1sccc1Br. The molecule has 1 saturated heterocycles. The van der Waals surface area contributed by atoms with Gasteiger partial charge in [0.05, 0.1) is 24.2 Å². The van der Waals surface area contributed by atoms with E-state index in [1.807, 2.05) is 11.4 Å². The molecule has 7 heteroatoms. The van der Waals surface area contributed by atoms with Gasteiger partial charge in [-0.25, -0.2) is 0 Å². The fraction of sp³-hybridized carbons (Fsp3) is 0.455. The van der Waals surface area contributed by atoms with Crippen molar-refractivity contribution in [1.29, 1.82) is 0 Å². The molecule has 1 amide bonds. The molecule has 0 aromatic carbocycles. The molecule has 0 radical (unpaired) electrons. The Morgan fingerprint density at radius 1 is 1.67 bits per heavy atom. The van der Waals surface area contributed by atoms with Crippen LogP contribution in [0.25, 0.3) is 0 Å². The number of esters is 1. The van der Waals surface area contributed by atoms with Crippen molar-refractivity contribution in [3.63, 3.8) is 0 Å². The molecular formula is C11H12BrNO3S2. The number of thiophene rings is 1. The second-order valence-corrected chi connectivity index (χ2v) is 6.58. The summed E-state index contributed by atoms with van der Waals surface area (Å²) in [5, 5.41) is 2.00. The number of halogens is 1. The summed E-state index contributed by atoms with van der Waals surface area (Å²) in [6, 6.07) is 1.97.